The standard InChI is InChI=1S/C27H29F2NO4/c1-16-11-20-18(13-23(25(2,3)4)30(20)9-10-31)12-17(16)14-24(32)26(7-8-26)19-5-6-21-22(15-19)34-27(28,29)33-21/h5-6,11-13,15,31H,7-10,14H2,1-4H3. The van der Waals surface area contributed by atoms with E-state index in [0.717, 1.165) is 27.7 Å². The van der Waals surface area contributed by atoms with Gasteiger partial charge in [-0.2, -0.15) is 0 Å². The number of Topliss-reactive ketones (excluding diaryl/α,β-unsaturated/α-hetero) is 1. The van der Waals surface area contributed by atoms with Gasteiger partial charge in [0.2, 0.25) is 0 Å². The molecule has 1 aromatic heterocycles. The van der Waals surface area contributed by atoms with Gasteiger partial charge in [0.1, 0.15) is 5.78 Å². The predicted octanol–water partition coefficient (Wildman–Crippen LogP) is 5.40. The van der Waals surface area contributed by atoms with Gasteiger partial charge in [0, 0.05) is 35.0 Å². The van der Waals surface area contributed by atoms with Crippen molar-refractivity contribution in [1.82, 2.24) is 4.57 Å². The molecule has 0 unspecified atom stereocenters. The zero-order chi connectivity index (χ0) is 24.5. The lowest BCUT2D eigenvalue weighted by atomic mass is 9.86. The topological polar surface area (TPSA) is 60.7 Å². The van der Waals surface area contributed by atoms with Gasteiger partial charge in [0.05, 0.1) is 12.0 Å². The quantitative estimate of drug-likeness (QED) is 0.525. The summed E-state index contributed by atoms with van der Waals surface area (Å²) in [5.74, 6) is 0.0332. The number of halogens is 2. The maximum Gasteiger partial charge on any atom is 0.586 e. The maximum atomic E-state index is 13.5. The van der Waals surface area contributed by atoms with Gasteiger partial charge in [0.25, 0.3) is 0 Å². The SMILES string of the molecule is Cc1cc2c(cc1CC(=O)C1(c3ccc4c(c3)OC(F)(F)O4)CC1)cc(C(C)(C)C)n2CCO. The van der Waals surface area contributed by atoms with Crippen LogP contribution in [0.1, 0.15) is 56.0 Å². The van der Waals surface area contributed by atoms with Gasteiger partial charge < -0.3 is 19.1 Å². The molecule has 2 aliphatic rings. The lowest BCUT2D eigenvalue weighted by Crippen LogP contribution is -2.26. The van der Waals surface area contributed by atoms with Gasteiger partial charge in [-0.05, 0) is 66.8 Å². The number of carbonyl (C=O) groups excluding carboxylic acids is 1. The summed E-state index contributed by atoms with van der Waals surface area (Å²) in [7, 11) is 0. The highest BCUT2D eigenvalue weighted by molar-refractivity contribution is 5.96. The molecule has 7 heteroatoms. The van der Waals surface area contributed by atoms with Crippen LogP contribution in [0.25, 0.3) is 10.9 Å². The fraction of sp³-hybridized carbons (Fsp3) is 0.444. The van der Waals surface area contributed by atoms with E-state index in [1.54, 1.807) is 6.07 Å². The van der Waals surface area contributed by atoms with Crippen LogP contribution in [0, 0.1) is 6.92 Å². The third-order valence-electron chi connectivity index (χ3n) is 7.04. The number of rotatable bonds is 6. The van der Waals surface area contributed by atoms with Gasteiger partial charge >= 0.3 is 6.29 Å². The normalized spacial score (nSPS) is 17.9. The number of ketones is 1. The zero-order valence-corrected chi connectivity index (χ0v) is 19.9. The lowest BCUT2D eigenvalue weighted by Gasteiger charge is -2.21. The Balaban J connectivity index is 1.46. The fourth-order valence-corrected chi connectivity index (χ4v) is 5.06. The van der Waals surface area contributed by atoms with Crippen molar-refractivity contribution < 1.29 is 28.2 Å². The number of alkyl halides is 2. The number of nitrogens with zero attached hydrogens (tertiary/aromatic N) is 1. The monoisotopic (exact) mass is 469 g/mol. The molecule has 0 saturated heterocycles. The number of hydrogen-bond donors (Lipinski definition) is 1. The summed E-state index contributed by atoms with van der Waals surface area (Å²) in [5, 5.41) is 10.6. The van der Waals surface area contributed by atoms with Gasteiger partial charge in [0.15, 0.2) is 11.5 Å². The number of hydrogen-bond acceptors (Lipinski definition) is 4. The molecule has 1 saturated carbocycles. The second-order valence-electron chi connectivity index (χ2n) is 10.5. The van der Waals surface area contributed by atoms with E-state index in [9.17, 15) is 18.7 Å². The van der Waals surface area contributed by atoms with E-state index in [1.165, 1.54) is 12.1 Å². The summed E-state index contributed by atoms with van der Waals surface area (Å²) in [4.78, 5) is 13.5. The van der Waals surface area contributed by atoms with Crippen molar-refractivity contribution in [2.45, 2.75) is 70.6 Å². The van der Waals surface area contributed by atoms with Crippen molar-refractivity contribution in [3.63, 3.8) is 0 Å². The molecule has 5 nitrogen and oxygen atoms in total. The molecule has 0 spiro atoms. The minimum atomic E-state index is -3.67. The second kappa shape index (κ2) is 7.54. The van der Waals surface area contributed by atoms with E-state index in [2.05, 4.69) is 53.0 Å². The highest BCUT2D eigenvalue weighted by Gasteiger charge is 2.52. The second-order valence-corrected chi connectivity index (χ2v) is 10.5. The minimum Gasteiger partial charge on any atom is -0.395 e. The van der Waals surface area contributed by atoms with Crippen molar-refractivity contribution in [2.24, 2.45) is 0 Å². The molecule has 0 bridgehead atoms. The smallest absolute Gasteiger partial charge is 0.395 e. The summed E-state index contributed by atoms with van der Waals surface area (Å²) in [6, 6.07) is 11.0. The Morgan fingerprint density at radius 3 is 2.44 bits per heavy atom. The first-order valence-electron chi connectivity index (χ1n) is 11.6. The molecule has 5 rings (SSSR count). The molecule has 34 heavy (non-hydrogen) atoms. The predicted molar refractivity (Wildman–Crippen MR) is 125 cm³/mol. The molecule has 1 N–H and O–H groups in total. The Morgan fingerprint density at radius 2 is 1.79 bits per heavy atom. The van der Waals surface area contributed by atoms with Gasteiger partial charge in [-0.3, -0.25) is 4.79 Å². The third-order valence-corrected chi connectivity index (χ3v) is 7.04. The first-order chi connectivity index (χ1) is 15.9. The Kier molecular flexibility index (Phi) is 5.06. The van der Waals surface area contributed by atoms with Crippen LogP contribution in [0.3, 0.4) is 0 Å². The first kappa shape index (κ1) is 22.8. The van der Waals surface area contributed by atoms with E-state index in [-0.39, 0.29) is 35.7 Å². The molecular weight excluding hydrogens is 440 g/mol. The average molecular weight is 470 g/mol. The van der Waals surface area contributed by atoms with Crippen LogP contribution in [0.15, 0.2) is 36.4 Å². The molecule has 0 atom stereocenters. The molecule has 1 fully saturated rings. The molecule has 0 radical (unpaired) electrons. The number of aliphatic hydroxyl groups is 1. The Hall–Kier alpha value is -2.93. The van der Waals surface area contributed by atoms with E-state index in [4.69, 9.17) is 0 Å². The number of benzene rings is 2. The Bertz CT molecular complexity index is 1300. The van der Waals surface area contributed by atoms with Crippen molar-refractivity contribution in [3.8, 4) is 11.5 Å². The number of carbonyl (C=O) groups is 1. The van der Waals surface area contributed by atoms with Crippen LogP contribution in [0.4, 0.5) is 8.78 Å². The molecule has 2 aromatic carbocycles. The van der Waals surface area contributed by atoms with E-state index in [0.29, 0.717) is 24.9 Å². The molecule has 2 heterocycles. The van der Waals surface area contributed by atoms with Gasteiger partial charge in [-0.1, -0.05) is 26.8 Å². The molecule has 3 aromatic rings. The number of aromatic nitrogens is 1. The fourth-order valence-electron chi connectivity index (χ4n) is 5.06. The van der Waals surface area contributed by atoms with Crippen LogP contribution < -0.4 is 9.47 Å². The number of aryl methyl sites for hydroxylation is 1. The Morgan fingerprint density at radius 1 is 1.09 bits per heavy atom. The van der Waals surface area contributed by atoms with Gasteiger partial charge in [-0.25, -0.2) is 0 Å². The van der Waals surface area contributed by atoms with Crippen molar-refractivity contribution in [2.75, 3.05) is 6.61 Å². The highest BCUT2D eigenvalue weighted by atomic mass is 19.3. The van der Waals surface area contributed by atoms with Crippen molar-refractivity contribution >= 4 is 16.7 Å². The molecular formula is C27H29F2NO4. The van der Waals surface area contributed by atoms with Crippen molar-refractivity contribution in [1.29, 1.82) is 0 Å². The number of ether oxygens (including phenoxy) is 2. The largest absolute Gasteiger partial charge is 0.586 e. The minimum absolute atomic E-state index is 0.0136. The molecule has 180 valence electrons. The van der Waals surface area contributed by atoms with E-state index >= 15 is 0 Å². The summed E-state index contributed by atoms with van der Waals surface area (Å²) >= 11 is 0. The van der Waals surface area contributed by atoms with Crippen LogP contribution in [0.5, 0.6) is 11.5 Å². The molecule has 0 amide bonds. The van der Waals surface area contributed by atoms with E-state index < -0.39 is 11.7 Å². The third kappa shape index (κ3) is 3.76. The van der Waals surface area contributed by atoms with Crippen LogP contribution >= 0.6 is 0 Å². The summed E-state index contributed by atoms with van der Waals surface area (Å²) in [6.45, 7) is 8.99. The van der Waals surface area contributed by atoms with Crippen LogP contribution in [-0.2, 0) is 28.6 Å². The summed E-state index contributed by atoms with van der Waals surface area (Å²) in [6.07, 6.45) is -2.04. The average Bonchev–Trinajstić information content (AvgIpc) is 3.39. The molecule has 1 aliphatic carbocycles. The van der Waals surface area contributed by atoms with Gasteiger partial charge in [-0.15, -0.1) is 8.78 Å². The zero-order valence-electron chi connectivity index (χ0n) is 19.9. The first-order valence-corrected chi connectivity index (χ1v) is 11.6. The van der Waals surface area contributed by atoms with Crippen LogP contribution in [-0.4, -0.2) is 28.4 Å². The lowest BCUT2D eigenvalue weighted by molar-refractivity contribution is -0.286. The summed E-state index contributed by atoms with van der Waals surface area (Å²) < 4.78 is 38.1. The van der Waals surface area contributed by atoms with E-state index in [1.807, 2.05) is 6.92 Å². The number of aliphatic hydroxyl groups excluding tert-OH is 1. The maximum absolute atomic E-state index is 13.5. The summed E-state index contributed by atoms with van der Waals surface area (Å²) in [5.41, 5.74) is 4.09. The Labute approximate surface area is 197 Å². The number of fused-ring (bicyclic) bond motifs is 2. The molecule has 1 aliphatic heterocycles. The van der Waals surface area contributed by atoms with Crippen LogP contribution in [0.2, 0.25) is 0 Å². The highest BCUT2D eigenvalue weighted by Crippen LogP contribution is 2.52. The van der Waals surface area contributed by atoms with Crippen molar-refractivity contribution in [3.05, 3.63) is 58.8 Å².